The monoisotopic (exact) mass is 329 g/mol. The number of hydrogen-bond donors (Lipinski definition) is 1. The molecule has 0 spiro atoms. The Balaban J connectivity index is 2.36. The van der Waals surface area contributed by atoms with Crippen molar-refractivity contribution in [1.29, 1.82) is 0 Å². The topological polar surface area (TPSA) is 90.4 Å². The second-order valence-corrected chi connectivity index (χ2v) is 4.89. The molecule has 0 fully saturated rings. The molecule has 0 bridgehead atoms. The zero-order valence-electron chi connectivity index (χ0n) is 13.8. The third-order valence-corrected chi connectivity index (χ3v) is 3.13. The van der Waals surface area contributed by atoms with Crippen molar-refractivity contribution in [3.63, 3.8) is 0 Å². The number of fused-ring (bicyclic) bond motifs is 1. The minimum absolute atomic E-state index is 0.158. The molecular formula is C17H19N3O4. The first-order valence-electron chi connectivity index (χ1n) is 7.59. The summed E-state index contributed by atoms with van der Waals surface area (Å²) in [5.74, 6) is -1.02. The molecule has 1 aromatic heterocycles. The Morgan fingerprint density at radius 3 is 2.42 bits per heavy atom. The molecule has 1 heterocycles. The number of carbonyl (C=O) groups is 2. The third-order valence-electron chi connectivity index (χ3n) is 3.13. The maximum atomic E-state index is 11.9. The molecule has 7 nitrogen and oxygen atoms in total. The molecular weight excluding hydrogens is 310 g/mol. The summed E-state index contributed by atoms with van der Waals surface area (Å²) in [4.78, 5) is 32.2. The van der Waals surface area contributed by atoms with Crippen molar-refractivity contribution in [2.24, 2.45) is 0 Å². The molecule has 0 saturated carbocycles. The van der Waals surface area contributed by atoms with Gasteiger partial charge in [-0.3, -0.25) is 0 Å². The Morgan fingerprint density at radius 2 is 1.79 bits per heavy atom. The van der Waals surface area contributed by atoms with E-state index in [2.05, 4.69) is 15.3 Å². The van der Waals surface area contributed by atoms with E-state index in [0.717, 1.165) is 16.5 Å². The van der Waals surface area contributed by atoms with Crippen molar-refractivity contribution in [2.75, 3.05) is 18.5 Å². The summed E-state index contributed by atoms with van der Waals surface area (Å²) >= 11 is 0. The van der Waals surface area contributed by atoms with E-state index in [1.807, 2.05) is 25.1 Å². The van der Waals surface area contributed by atoms with E-state index in [1.54, 1.807) is 13.8 Å². The van der Waals surface area contributed by atoms with Gasteiger partial charge in [-0.25, -0.2) is 19.6 Å². The Morgan fingerprint density at radius 1 is 1.12 bits per heavy atom. The lowest BCUT2D eigenvalue weighted by Gasteiger charge is -2.09. The van der Waals surface area contributed by atoms with Gasteiger partial charge in [0, 0.05) is 11.6 Å². The molecule has 2 aromatic rings. The number of nitrogens with zero attached hydrogens (tertiary/aromatic N) is 2. The summed E-state index contributed by atoms with van der Waals surface area (Å²) in [6.07, 6.45) is 2.66. The Kier molecular flexibility index (Phi) is 5.83. The number of anilines is 1. The predicted molar refractivity (Wildman–Crippen MR) is 89.2 cm³/mol. The normalized spacial score (nSPS) is 10.1. The van der Waals surface area contributed by atoms with Gasteiger partial charge in [0.1, 0.15) is 12.1 Å². The van der Waals surface area contributed by atoms with Crippen molar-refractivity contribution in [3.8, 4) is 0 Å². The third kappa shape index (κ3) is 4.07. The molecule has 0 aliphatic rings. The number of carbonyl (C=O) groups excluding carboxylic acids is 2. The van der Waals surface area contributed by atoms with E-state index in [9.17, 15) is 9.59 Å². The van der Waals surface area contributed by atoms with Crippen LogP contribution >= 0.6 is 0 Å². The number of nitrogens with one attached hydrogen (secondary N) is 1. The van der Waals surface area contributed by atoms with E-state index < -0.39 is 11.9 Å². The first kappa shape index (κ1) is 17.4. The van der Waals surface area contributed by atoms with Gasteiger partial charge in [0.25, 0.3) is 0 Å². The molecule has 1 N–H and O–H groups in total. The highest BCUT2D eigenvalue weighted by atomic mass is 16.6. The van der Waals surface area contributed by atoms with Gasteiger partial charge in [-0.15, -0.1) is 0 Å². The Hall–Kier alpha value is -2.96. The van der Waals surface area contributed by atoms with Crippen molar-refractivity contribution in [1.82, 2.24) is 9.97 Å². The minimum atomic E-state index is -0.752. The highest BCUT2D eigenvalue weighted by Gasteiger charge is 2.21. The van der Waals surface area contributed by atoms with E-state index >= 15 is 0 Å². The molecule has 0 aliphatic carbocycles. The molecule has 0 atom stereocenters. The standard InChI is InChI=1S/C17H19N3O4/c1-4-23-16(21)13(17(22)24-5-2)9-18-15-12-8-11(3)6-7-14(12)19-10-20-15/h6-10H,4-5H2,1-3H3,(H,18,19,20). The fourth-order valence-corrected chi connectivity index (χ4v) is 2.04. The van der Waals surface area contributed by atoms with Crippen LogP contribution in [0.2, 0.25) is 0 Å². The molecule has 1 aromatic carbocycles. The number of hydrogen-bond acceptors (Lipinski definition) is 7. The van der Waals surface area contributed by atoms with Crippen LogP contribution in [0.4, 0.5) is 5.82 Å². The molecule has 0 amide bonds. The lowest BCUT2D eigenvalue weighted by atomic mass is 10.1. The van der Waals surface area contributed by atoms with Gasteiger partial charge >= 0.3 is 11.9 Å². The van der Waals surface area contributed by atoms with Crippen LogP contribution in [-0.4, -0.2) is 35.1 Å². The van der Waals surface area contributed by atoms with Crippen LogP contribution in [0.1, 0.15) is 19.4 Å². The van der Waals surface area contributed by atoms with Crippen LogP contribution in [0.5, 0.6) is 0 Å². The quantitative estimate of drug-likeness (QED) is 0.376. The van der Waals surface area contributed by atoms with Crippen LogP contribution in [0.15, 0.2) is 36.3 Å². The zero-order chi connectivity index (χ0) is 17.5. The highest BCUT2D eigenvalue weighted by molar-refractivity contribution is 6.14. The molecule has 0 radical (unpaired) electrons. The summed E-state index contributed by atoms with van der Waals surface area (Å²) in [7, 11) is 0. The number of esters is 2. The lowest BCUT2D eigenvalue weighted by molar-refractivity contribution is -0.146. The predicted octanol–water partition coefficient (Wildman–Crippen LogP) is 2.36. The molecule has 126 valence electrons. The Bertz CT molecular complexity index is 766. The highest BCUT2D eigenvalue weighted by Crippen LogP contribution is 2.20. The van der Waals surface area contributed by atoms with Crippen molar-refractivity contribution >= 4 is 28.7 Å². The average molecular weight is 329 g/mol. The number of aromatic nitrogens is 2. The summed E-state index contributed by atoms with van der Waals surface area (Å²) in [5.41, 5.74) is 1.57. The lowest BCUT2D eigenvalue weighted by Crippen LogP contribution is -2.19. The van der Waals surface area contributed by atoms with Gasteiger partial charge < -0.3 is 14.8 Å². The molecule has 24 heavy (non-hydrogen) atoms. The van der Waals surface area contributed by atoms with Gasteiger partial charge in [-0.05, 0) is 32.9 Å². The van der Waals surface area contributed by atoms with Crippen molar-refractivity contribution in [3.05, 3.63) is 41.9 Å². The van der Waals surface area contributed by atoms with E-state index in [4.69, 9.17) is 9.47 Å². The first-order chi connectivity index (χ1) is 11.6. The summed E-state index contributed by atoms with van der Waals surface area (Å²) in [6, 6.07) is 5.73. The maximum absolute atomic E-state index is 11.9. The van der Waals surface area contributed by atoms with Crippen LogP contribution in [0.3, 0.4) is 0 Å². The fourth-order valence-electron chi connectivity index (χ4n) is 2.04. The summed E-state index contributed by atoms with van der Waals surface area (Å²) in [5, 5.41) is 3.66. The molecule has 0 saturated heterocycles. The SMILES string of the molecule is CCOC(=O)C(=CNc1ncnc2ccc(C)cc12)C(=O)OCC. The number of aryl methyl sites for hydroxylation is 1. The number of benzene rings is 1. The first-order valence-corrected chi connectivity index (χ1v) is 7.59. The fraction of sp³-hybridized carbons (Fsp3) is 0.294. The molecule has 2 rings (SSSR count). The second kappa shape index (κ2) is 8.05. The average Bonchev–Trinajstić information content (AvgIpc) is 2.56. The number of rotatable bonds is 6. The van der Waals surface area contributed by atoms with E-state index in [-0.39, 0.29) is 18.8 Å². The van der Waals surface area contributed by atoms with Gasteiger partial charge in [-0.1, -0.05) is 11.6 Å². The summed E-state index contributed by atoms with van der Waals surface area (Å²) < 4.78 is 9.77. The van der Waals surface area contributed by atoms with Gasteiger partial charge in [-0.2, -0.15) is 0 Å². The molecule has 0 unspecified atom stereocenters. The van der Waals surface area contributed by atoms with Crippen LogP contribution in [0, 0.1) is 6.92 Å². The van der Waals surface area contributed by atoms with Crippen LogP contribution in [0.25, 0.3) is 10.9 Å². The van der Waals surface area contributed by atoms with Gasteiger partial charge in [0.2, 0.25) is 0 Å². The van der Waals surface area contributed by atoms with Crippen molar-refractivity contribution in [2.45, 2.75) is 20.8 Å². The summed E-state index contributed by atoms with van der Waals surface area (Å²) in [6.45, 7) is 5.59. The second-order valence-electron chi connectivity index (χ2n) is 4.89. The van der Waals surface area contributed by atoms with Crippen molar-refractivity contribution < 1.29 is 19.1 Å². The maximum Gasteiger partial charge on any atom is 0.347 e. The van der Waals surface area contributed by atoms with E-state index in [0.29, 0.717) is 5.82 Å². The Labute approximate surface area is 139 Å². The molecule has 7 heteroatoms. The minimum Gasteiger partial charge on any atom is -0.462 e. The smallest absolute Gasteiger partial charge is 0.347 e. The van der Waals surface area contributed by atoms with Crippen LogP contribution < -0.4 is 5.32 Å². The van der Waals surface area contributed by atoms with Gasteiger partial charge in [0.05, 0.1) is 18.7 Å². The zero-order valence-corrected chi connectivity index (χ0v) is 13.8. The largest absolute Gasteiger partial charge is 0.462 e. The van der Waals surface area contributed by atoms with Gasteiger partial charge in [0.15, 0.2) is 5.57 Å². The molecule has 0 aliphatic heterocycles. The number of ether oxygens (including phenoxy) is 2. The van der Waals surface area contributed by atoms with Crippen LogP contribution in [-0.2, 0) is 19.1 Å². The van der Waals surface area contributed by atoms with E-state index in [1.165, 1.54) is 12.5 Å².